The Morgan fingerprint density at radius 2 is 1.75 bits per heavy atom. The molecule has 136 valence electrons. The number of carbonyl (C=O) groups excluding carboxylic acids is 1. The Hall–Kier alpha value is -0.530. The second-order valence-electron chi connectivity index (χ2n) is 10.9. The third kappa shape index (κ3) is 2.46. The molecule has 2 heteroatoms. The van der Waals surface area contributed by atoms with E-state index in [2.05, 4.69) is 34.6 Å². The Labute approximate surface area is 148 Å². The lowest BCUT2D eigenvalue weighted by Gasteiger charge is -2.48. The van der Waals surface area contributed by atoms with E-state index < -0.39 is 0 Å². The molecular formula is C22H36O2. The first-order chi connectivity index (χ1) is 11.2. The van der Waals surface area contributed by atoms with Gasteiger partial charge in [0.05, 0.1) is 0 Å². The first kappa shape index (κ1) is 16.9. The minimum Gasteiger partial charge on any atom is -0.458 e. The number of ether oxygens (including phenoxy) is 1. The summed E-state index contributed by atoms with van der Waals surface area (Å²) in [5.41, 5.74) is 0.0552. The molecule has 0 amide bonds. The normalized spacial score (nSPS) is 45.9. The van der Waals surface area contributed by atoms with Crippen LogP contribution in [0, 0.1) is 46.8 Å². The zero-order chi connectivity index (χ0) is 17.3. The minimum atomic E-state index is -0.148. The van der Waals surface area contributed by atoms with Gasteiger partial charge in [0.15, 0.2) is 0 Å². The molecule has 0 saturated heterocycles. The zero-order valence-electron chi connectivity index (χ0n) is 16.3. The van der Waals surface area contributed by atoms with Crippen LogP contribution < -0.4 is 0 Å². The monoisotopic (exact) mass is 332 g/mol. The highest BCUT2D eigenvalue weighted by atomic mass is 16.6. The summed E-state index contributed by atoms with van der Waals surface area (Å²) in [6.07, 6.45) is 8.40. The Kier molecular flexibility index (Phi) is 3.86. The Morgan fingerprint density at radius 3 is 2.38 bits per heavy atom. The van der Waals surface area contributed by atoms with Gasteiger partial charge in [-0.05, 0) is 79.4 Å². The van der Waals surface area contributed by atoms with E-state index in [1.54, 1.807) is 0 Å². The number of hydrogen-bond donors (Lipinski definition) is 0. The van der Waals surface area contributed by atoms with Gasteiger partial charge in [0.1, 0.15) is 5.60 Å². The fourth-order valence-corrected chi connectivity index (χ4v) is 7.26. The van der Waals surface area contributed by atoms with Crippen LogP contribution in [0.2, 0.25) is 0 Å². The summed E-state index contributed by atoms with van der Waals surface area (Å²) in [5, 5.41) is 0. The second-order valence-corrected chi connectivity index (χ2v) is 10.9. The van der Waals surface area contributed by atoms with E-state index in [4.69, 9.17) is 4.74 Å². The van der Waals surface area contributed by atoms with Crippen LogP contribution >= 0.6 is 0 Å². The topological polar surface area (TPSA) is 26.3 Å². The predicted molar refractivity (Wildman–Crippen MR) is 96.4 cm³/mol. The van der Waals surface area contributed by atoms with E-state index >= 15 is 0 Å². The Bertz CT molecular complexity index is 517. The van der Waals surface area contributed by atoms with Crippen LogP contribution in [0.5, 0.6) is 0 Å². The summed E-state index contributed by atoms with van der Waals surface area (Å²) in [6, 6.07) is 0. The highest BCUT2D eigenvalue weighted by molar-refractivity contribution is 5.70. The minimum absolute atomic E-state index is 0.0610. The number of hydrogen-bond acceptors (Lipinski definition) is 2. The summed E-state index contributed by atoms with van der Waals surface area (Å²) >= 11 is 0. The molecule has 4 bridgehead atoms. The van der Waals surface area contributed by atoms with Crippen LogP contribution in [-0.4, -0.2) is 11.6 Å². The van der Waals surface area contributed by atoms with Crippen molar-refractivity contribution in [2.75, 3.05) is 0 Å². The molecule has 0 aliphatic heterocycles. The van der Waals surface area contributed by atoms with Gasteiger partial charge in [0.2, 0.25) is 0 Å². The summed E-state index contributed by atoms with van der Waals surface area (Å²) in [5.74, 6) is 5.82. The predicted octanol–water partition coefficient (Wildman–Crippen LogP) is 5.45. The first-order valence-corrected chi connectivity index (χ1v) is 10.4. The Morgan fingerprint density at radius 1 is 1.08 bits per heavy atom. The average Bonchev–Trinajstić information content (AvgIpc) is 3.21. The molecule has 4 aliphatic carbocycles. The van der Waals surface area contributed by atoms with Gasteiger partial charge in [-0.25, -0.2) is 0 Å². The molecule has 0 aromatic rings. The molecule has 0 spiro atoms. The highest BCUT2D eigenvalue weighted by Gasteiger charge is 2.68. The van der Waals surface area contributed by atoms with Crippen LogP contribution in [-0.2, 0) is 9.53 Å². The van der Waals surface area contributed by atoms with Crippen molar-refractivity contribution in [1.29, 1.82) is 0 Å². The van der Waals surface area contributed by atoms with Crippen molar-refractivity contribution < 1.29 is 9.53 Å². The van der Waals surface area contributed by atoms with Crippen LogP contribution in [0.4, 0.5) is 0 Å². The van der Waals surface area contributed by atoms with Crippen molar-refractivity contribution in [3.63, 3.8) is 0 Å². The lowest BCUT2D eigenvalue weighted by Crippen LogP contribution is -2.51. The van der Waals surface area contributed by atoms with E-state index in [0.717, 1.165) is 42.4 Å². The standard InChI is InChI=1S/C22H36O2/c1-13(2)22(24-18(23)8-9-21(3,4)5)12-16-11-17(22)20-15-7-6-14(10-15)19(16)20/h13-17,19-20H,6-12H2,1-5H3. The molecule has 4 fully saturated rings. The molecule has 0 N–H and O–H groups in total. The molecular weight excluding hydrogens is 296 g/mol. The fraction of sp³-hybridized carbons (Fsp3) is 0.955. The van der Waals surface area contributed by atoms with Crippen molar-refractivity contribution in [2.24, 2.45) is 46.8 Å². The molecule has 24 heavy (non-hydrogen) atoms. The molecule has 2 nitrogen and oxygen atoms in total. The molecule has 0 radical (unpaired) electrons. The largest absolute Gasteiger partial charge is 0.458 e. The average molecular weight is 333 g/mol. The lowest BCUT2D eigenvalue weighted by atomic mass is 9.63. The number of carbonyl (C=O) groups is 1. The van der Waals surface area contributed by atoms with E-state index in [1.807, 2.05) is 0 Å². The molecule has 0 heterocycles. The summed E-state index contributed by atoms with van der Waals surface area (Å²) in [4.78, 5) is 12.7. The molecule has 7 atom stereocenters. The fourth-order valence-electron chi connectivity index (χ4n) is 7.26. The van der Waals surface area contributed by atoms with E-state index in [-0.39, 0.29) is 17.0 Å². The van der Waals surface area contributed by atoms with Crippen molar-refractivity contribution >= 4 is 5.97 Å². The first-order valence-electron chi connectivity index (χ1n) is 10.4. The van der Waals surface area contributed by atoms with Gasteiger partial charge >= 0.3 is 5.97 Å². The highest BCUT2D eigenvalue weighted by Crippen LogP contribution is 2.71. The van der Waals surface area contributed by atoms with Gasteiger partial charge in [-0.2, -0.15) is 0 Å². The lowest BCUT2D eigenvalue weighted by molar-refractivity contribution is -0.181. The van der Waals surface area contributed by atoms with Gasteiger partial charge in [-0.3, -0.25) is 4.79 Å². The van der Waals surface area contributed by atoms with Gasteiger partial charge in [0, 0.05) is 12.3 Å². The Balaban J connectivity index is 1.50. The van der Waals surface area contributed by atoms with Gasteiger partial charge < -0.3 is 4.74 Å². The number of rotatable bonds is 4. The number of esters is 1. The van der Waals surface area contributed by atoms with Crippen LogP contribution in [0.25, 0.3) is 0 Å². The van der Waals surface area contributed by atoms with E-state index in [9.17, 15) is 4.79 Å². The van der Waals surface area contributed by atoms with Gasteiger partial charge in [-0.1, -0.05) is 34.6 Å². The van der Waals surface area contributed by atoms with Gasteiger partial charge in [0.25, 0.3) is 0 Å². The van der Waals surface area contributed by atoms with Crippen molar-refractivity contribution in [2.45, 2.75) is 85.2 Å². The SMILES string of the molecule is CC(C)C1(OC(=O)CCC(C)(C)C)CC2CC1C1C3CCC(C3)C21. The van der Waals surface area contributed by atoms with Crippen molar-refractivity contribution in [3.05, 3.63) is 0 Å². The molecule has 7 unspecified atom stereocenters. The van der Waals surface area contributed by atoms with Crippen LogP contribution in [0.15, 0.2) is 0 Å². The summed E-state index contributed by atoms with van der Waals surface area (Å²) in [7, 11) is 0. The summed E-state index contributed by atoms with van der Waals surface area (Å²) in [6.45, 7) is 11.2. The quantitative estimate of drug-likeness (QED) is 0.505. The van der Waals surface area contributed by atoms with Crippen LogP contribution in [0.1, 0.15) is 79.6 Å². The van der Waals surface area contributed by atoms with E-state index in [1.165, 1.54) is 25.7 Å². The smallest absolute Gasteiger partial charge is 0.306 e. The van der Waals surface area contributed by atoms with Crippen molar-refractivity contribution in [3.8, 4) is 0 Å². The van der Waals surface area contributed by atoms with Crippen molar-refractivity contribution in [1.82, 2.24) is 0 Å². The third-order valence-corrected chi connectivity index (χ3v) is 8.18. The maximum atomic E-state index is 12.7. The maximum Gasteiger partial charge on any atom is 0.306 e. The molecule has 4 aliphatic rings. The molecule has 0 aromatic carbocycles. The number of fused-ring (bicyclic) bond motifs is 9. The van der Waals surface area contributed by atoms with Gasteiger partial charge in [-0.15, -0.1) is 0 Å². The molecule has 0 aromatic heterocycles. The third-order valence-electron chi connectivity index (χ3n) is 8.18. The van der Waals surface area contributed by atoms with E-state index in [0.29, 0.717) is 18.3 Å². The second kappa shape index (κ2) is 5.48. The zero-order valence-corrected chi connectivity index (χ0v) is 16.3. The maximum absolute atomic E-state index is 12.7. The molecule has 4 saturated carbocycles. The van der Waals surface area contributed by atoms with Crippen LogP contribution in [0.3, 0.4) is 0 Å². The summed E-state index contributed by atoms with van der Waals surface area (Å²) < 4.78 is 6.37. The molecule has 4 rings (SSSR count).